The number of aromatic nitrogens is 2. The van der Waals surface area contributed by atoms with E-state index in [1.807, 2.05) is 11.8 Å². The van der Waals surface area contributed by atoms with E-state index >= 15 is 0 Å². The van der Waals surface area contributed by atoms with E-state index in [1.165, 1.54) is 6.07 Å². The Morgan fingerprint density at radius 3 is 2.71 bits per heavy atom. The number of hydrogen-bond donors (Lipinski definition) is 3. The van der Waals surface area contributed by atoms with Gasteiger partial charge in [0.25, 0.3) is 5.56 Å². The molecule has 9 nitrogen and oxygen atoms in total. The summed E-state index contributed by atoms with van der Waals surface area (Å²) in [5.41, 5.74) is 1.58. The Labute approximate surface area is 178 Å². The predicted octanol–water partition coefficient (Wildman–Crippen LogP) is 2.64. The van der Waals surface area contributed by atoms with E-state index < -0.39 is 5.97 Å². The molecule has 31 heavy (non-hydrogen) atoms. The first-order chi connectivity index (χ1) is 15.0. The molecule has 3 N–H and O–H groups in total. The highest BCUT2D eigenvalue weighted by molar-refractivity contribution is 5.94. The van der Waals surface area contributed by atoms with Gasteiger partial charge in [0.05, 0.1) is 42.8 Å². The molecule has 9 heteroatoms. The summed E-state index contributed by atoms with van der Waals surface area (Å²) in [5, 5.41) is 13.2. The number of carboxylic acid groups (broad SMARTS) is 1. The summed E-state index contributed by atoms with van der Waals surface area (Å²) >= 11 is 0. The molecule has 1 saturated heterocycles. The topological polar surface area (TPSA) is 117 Å². The summed E-state index contributed by atoms with van der Waals surface area (Å²) < 4.78 is 11.0. The molecule has 0 radical (unpaired) electrons. The van der Waals surface area contributed by atoms with Crippen molar-refractivity contribution in [1.29, 1.82) is 0 Å². The van der Waals surface area contributed by atoms with E-state index in [0.29, 0.717) is 60.2 Å². The largest absolute Gasteiger partial charge is 0.496 e. The molecule has 1 atom stereocenters. The standard InChI is InChI=1S/C22H24N4O5/c1-13(23-16-6-4-3-5-14(16)21(28)29)18-17(30-2)8-7-15-19(18)24-22(25-20(15)27)26-9-11-31-12-10-26/h3-8,13,23H,9-12H2,1-2H3,(H,28,29)(H,24,25,27). The Bertz CT molecular complexity index is 1170. The van der Waals surface area contributed by atoms with Crippen LogP contribution in [0.25, 0.3) is 10.9 Å². The number of morpholine rings is 1. The molecule has 0 spiro atoms. The smallest absolute Gasteiger partial charge is 0.337 e. The summed E-state index contributed by atoms with van der Waals surface area (Å²) in [5.74, 6) is 0.0177. The van der Waals surface area contributed by atoms with Crippen molar-refractivity contribution < 1.29 is 19.4 Å². The third-order valence-electron chi connectivity index (χ3n) is 5.36. The number of para-hydroxylation sites is 1. The number of anilines is 2. The minimum Gasteiger partial charge on any atom is -0.496 e. The molecule has 2 heterocycles. The normalized spacial score (nSPS) is 15.0. The average Bonchev–Trinajstić information content (AvgIpc) is 2.78. The Balaban J connectivity index is 1.82. The minimum atomic E-state index is -1.02. The Morgan fingerprint density at radius 1 is 1.26 bits per heavy atom. The lowest BCUT2D eigenvalue weighted by molar-refractivity contribution is 0.0698. The lowest BCUT2D eigenvalue weighted by Crippen LogP contribution is -2.38. The highest BCUT2D eigenvalue weighted by atomic mass is 16.5. The number of hydrogen-bond acceptors (Lipinski definition) is 7. The van der Waals surface area contributed by atoms with Gasteiger partial charge >= 0.3 is 5.97 Å². The zero-order chi connectivity index (χ0) is 22.0. The van der Waals surface area contributed by atoms with Crippen LogP contribution in [-0.4, -0.2) is 54.5 Å². The molecule has 1 unspecified atom stereocenters. The van der Waals surface area contributed by atoms with Crippen LogP contribution in [-0.2, 0) is 4.74 Å². The minimum absolute atomic E-state index is 0.161. The summed E-state index contributed by atoms with van der Waals surface area (Å²) in [7, 11) is 1.55. The maximum Gasteiger partial charge on any atom is 0.337 e. The van der Waals surface area contributed by atoms with Gasteiger partial charge in [-0.15, -0.1) is 0 Å². The van der Waals surface area contributed by atoms with Crippen LogP contribution in [0.1, 0.15) is 28.9 Å². The second-order valence-corrected chi connectivity index (χ2v) is 7.28. The zero-order valence-corrected chi connectivity index (χ0v) is 17.3. The number of aromatic amines is 1. The first-order valence-corrected chi connectivity index (χ1v) is 10.0. The summed E-state index contributed by atoms with van der Waals surface area (Å²) in [6.45, 7) is 4.28. The monoisotopic (exact) mass is 424 g/mol. The van der Waals surface area contributed by atoms with Gasteiger partial charge in [-0.25, -0.2) is 9.78 Å². The molecular weight excluding hydrogens is 400 g/mol. The first-order valence-electron chi connectivity index (χ1n) is 10.0. The molecule has 1 fully saturated rings. The molecule has 1 aliphatic rings. The lowest BCUT2D eigenvalue weighted by atomic mass is 10.0. The number of nitrogens with one attached hydrogen (secondary N) is 2. The van der Waals surface area contributed by atoms with E-state index in [9.17, 15) is 14.7 Å². The van der Waals surface area contributed by atoms with Crippen LogP contribution in [0, 0.1) is 0 Å². The fraction of sp³-hybridized carbons (Fsp3) is 0.318. The quantitative estimate of drug-likeness (QED) is 0.553. The number of aromatic carboxylic acids is 1. The van der Waals surface area contributed by atoms with Crippen molar-refractivity contribution in [1.82, 2.24) is 9.97 Å². The number of nitrogens with zero attached hydrogens (tertiary/aromatic N) is 2. The fourth-order valence-electron chi connectivity index (χ4n) is 3.82. The van der Waals surface area contributed by atoms with E-state index in [-0.39, 0.29) is 17.2 Å². The number of benzene rings is 2. The second-order valence-electron chi connectivity index (χ2n) is 7.28. The van der Waals surface area contributed by atoms with Crippen molar-refractivity contribution in [3.8, 4) is 5.75 Å². The third kappa shape index (κ3) is 4.04. The van der Waals surface area contributed by atoms with Gasteiger partial charge < -0.3 is 24.8 Å². The summed E-state index contributed by atoms with van der Waals surface area (Å²) in [4.78, 5) is 34.0. The number of rotatable bonds is 6. The van der Waals surface area contributed by atoms with Gasteiger partial charge in [0.15, 0.2) is 0 Å². The molecule has 162 valence electrons. The number of fused-ring (bicyclic) bond motifs is 1. The SMILES string of the molecule is COc1ccc2c(=O)[nH]c(N3CCOCC3)nc2c1C(C)Nc1ccccc1C(=O)O. The van der Waals surface area contributed by atoms with Gasteiger partial charge in [0.1, 0.15) is 5.75 Å². The predicted molar refractivity (Wildman–Crippen MR) is 117 cm³/mol. The molecule has 1 aliphatic heterocycles. The number of H-pyrrole nitrogens is 1. The first kappa shape index (κ1) is 20.7. The van der Waals surface area contributed by atoms with Crippen LogP contribution in [0.3, 0.4) is 0 Å². The van der Waals surface area contributed by atoms with Gasteiger partial charge in [0.2, 0.25) is 5.95 Å². The van der Waals surface area contributed by atoms with Gasteiger partial charge in [-0.2, -0.15) is 0 Å². The molecule has 0 bridgehead atoms. The highest BCUT2D eigenvalue weighted by Crippen LogP contribution is 2.34. The summed E-state index contributed by atoms with van der Waals surface area (Å²) in [6.07, 6.45) is 0. The van der Waals surface area contributed by atoms with Crippen molar-refractivity contribution in [2.24, 2.45) is 0 Å². The third-order valence-corrected chi connectivity index (χ3v) is 5.36. The molecule has 1 aromatic heterocycles. The van der Waals surface area contributed by atoms with Crippen molar-refractivity contribution in [3.63, 3.8) is 0 Å². The molecule has 0 aliphatic carbocycles. The number of carboxylic acids is 1. The molecular formula is C22H24N4O5. The van der Waals surface area contributed by atoms with E-state index in [0.717, 1.165) is 0 Å². The molecule has 0 saturated carbocycles. The maximum absolute atomic E-state index is 12.8. The molecule has 0 amide bonds. The Kier molecular flexibility index (Phi) is 5.77. The number of methoxy groups -OCH3 is 1. The van der Waals surface area contributed by atoms with Crippen LogP contribution in [0.5, 0.6) is 5.75 Å². The van der Waals surface area contributed by atoms with Gasteiger partial charge in [-0.3, -0.25) is 9.78 Å². The molecule has 4 rings (SSSR count). The van der Waals surface area contributed by atoms with Crippen molar-refractivity contribution in [3.05, 3.63) is 57.9 Å². The maximum atomic E-state index is 12.8. The second kappa shape index (κ2) is 8.65. The zero-order valence-electron chi connectivity index (χ0n) is 17.3. The van der Waals surface area contributed by atoms with Crippen molar-refractivity contribution in [2.45, 2.75) is 13.0 Å². The van der Waals surface area contributed by atoms with E-state index in [1.54, 1.807) is 37.4 Å². The number of carbonyl (C=O) groups is 1. The van der Waals surface area contributed by atoms with Crippen LogP contribution < -0.4 is 20.5 Å². The highest BCUT2D eigenvalue weighted by Gasteiger charge is 2.22. The van der Waals surface area contributed by atoms with Gasteiger partial charge in [-0.05, 0) is 31.2 Å². The van der Waals surface area contributed by atoms with Crippen LogP contribution >= 0.6 is 0 Å². The Hall–Kier alpha value is -3.59. The Morgan fingerprint density at radius 2 is 2.00 bits per heavy atom. The van der Waals surface area contributed by atoms with Gasteiger partial charge in [0, 0.05) is 24.3 Å². The van der Waals surface area contributed by atoms with Gasteiger partial charge in [-0.1, -0.05) is 12.1 Å². The van der Waals surface area contributed by atoms with E-state index in [4.69, 9.17) is 14.5 Å². The fourth-order valence-corrected chi connectivity index (χ4v) is 3.82. The van der Waals surface area contributed by atoms with Crippen molar-refractivity contribution in [2.75, 3.05) is 43.6 Å². The molecule has 3 aromatic rings. The molecule has 2 aromatic carbocycles. The summed E-state index contributed by atoms with van der Waals surface area (Å²) in [6, 6.07) is 9.71. The number of ether oxygens (including phenoxy) is 2. The average molecular weight is 424 g/mol. The van der Waals surface area contributed by atoms with Crippen LogP contribution in [0.15, 0.2) is 41.2 Å². The van der Waals surface area contributed by atoms with Crippen LogP contribution in [0.4, 0.5) is 11.6 Å². The van der Waals surface area contributed by atoms with Crippen LogP contribution in [0.2, 0.25) is 0 Å². The van der Waals surface area contributed by atoms with E-state index in [2.05, 4.69) is 10.3 Å². The lowest BCUT2D eigenvalue weighted by Gasteiger charge is -2.28. The van der Waals surface area contributed by atoms with Crippen molar-refractivity contribution >= 4 is 28.5 Å².